The Morgan fingerprint density at radius 3 is 2.29 bits per heavy atom. The molecule has 5 heteroatoms. The first-order chi connectivity index (χ1) is 13.4. The molecule has 1 aromatic heterocycles. The lowest BCUT2D eigenvalue weighted by molar-refractivity contribution is 0.0746. The number of amides is 1. The van der Waals surface area contributed by atoms with Crippen molar-refractivity contribution < 1.29 is 4.79 Å². The summed E-state index contributed by atoms with van der Waals surface area (Å²) >= 11 is 0. The van der Waals surface area contributed by atoms with Gasteiger partial charge in [-0.25, -0.2) is 9.97 Å². The fraction of sp³-hybridized carbons (Fsp3) is 0.261. The van der Waals surface area contributed by atoms with Gasteiger partial charge in [0.25, 0.3) is 5.91 Å². The van der Waals surface area contributed by atoms with Crippen LogP contribution in [0.3, 0.4) is 0 Å². The third-order valence-corrected chi connectivity index (χ3v) is 4.44. The Morgan fingerprint density at radius 2 is 1.64 bits per heavy atom. The standard InChI is InChI=1S/C23H26N4O/c1-5-27(15-19-9-7-6-8-10-19)22(28)21-14-18(4)24-23(26-21)25-20-12-16(2)11-17(3)13-20/h6-14H,5,15H2,1-4H3,(H,24,25,26). The molecular weight excluding hydrogens is 348 g/mol. The molecule has 1 heterocycles. The second-order valence-corrected chi connectivity index (χ2v) is 7.02. The number of aromatic nitrogens is 2. The molecule has 28 heavy (non-hydrogen) atoms. The quantitative estimate of drug-likeness (QED) is 0.673. The van der Waals surface area contributed by atoms with Gasteiger partial charge in [0, 0.05) is 24.5 Å². The smallest absolute Gasteiger partial charge is 0.272 e. The van der Waals surface area contributed by atoms with E-state index in [9.17, 15) is 4.79 Å². The zero-order chi connectivity index (χ0) is 20.1. The Hall–Kier alpha value is -3.21. The van der Waals surface area contributed by atoms with Gasteiger partial charge in [0.1, 0.15) is 5.69 Å². The number of hydrogen-bond acceptors (Lipinski definition) is 4. The fourth-order valence-electron chi connectivity index (χ4n) is 3.20. The molecule has 1 N–H and O–H groups in total. The van der Waals surface area contributed by atoms with E-state index in [2.05, 4.69) is 21.4 Å². The number of carbonyl (C=O) groups excluding carboxylic acids is 1. The van der Waals surface area contributed by atoms with Gasteiger partial charge in [-0.15, -0.1) is 0 Å². The lowest BCUT2D eigenvalue weighted by atomic mass is 10.1. The molecule has 0 fully saturated rings. The van der Waals surface area contributed by atoms with Crippen molar-refractivity contribution in [1.29, 1.82) is 0 Å². The van der Waals surface area contributed by atoms with Gasteiger partial charge >= 0.3 is 0 Å². The molecule has 0 bridgehead atoms. The molecule has 144 valence electrons. The van der Waals surface area contributed by atoms with Gasteiger partial charge in [-0.3, -0.25) is 4.79 Å². The third kappa shape index (κ3) is 4.94. The van der Waals surface area contributed by atoms with E-state index < -0.39 is 0 Å². The predicted octanol–water partition coefficient (Wildman–Crippen LogP) is 4.81. The third-order valence-electron chi connectivity index (χ3n) is 4.44. The number of benzene rings is 2. The summed E-state index contributed by atoms with van der Waals surface area (Å²) in [5.41, 5.74) is 5.48. The average molecular weight is 374 g/mol. The molecule has 2 aromatic carbocycles. The fourth-order valence-corrected chi connectivity index (χ4v) is 3.20. The van der Waals surface area contributed by atoms with Gasteiger partial charge in [0.15, 0.2) is 0 Å². The largest absolute Gasteiger partial charge is 0.333 e. The van der Waals surface area contributed by atoms with Crippen LogP contribution >= 0.6 is 0 Å². The second-order valence-electron chi connectivity index (χ2n) is 7.02. The van der Waals surface area contributed by atoms with E-state index in [0.717, 1.165) is 28.1 Å². The molecule has 0 spiro atoms. The van der Waals surface area contributed by atoms with Gasteiger partial charge in [-0.05, 0) is 62.6 Å². The topological polar surface area (TPSA) is 58.1 Å². The van der Waals surface area contributed by atoms with Crippen LogP contribution < -0.4 is 5.32 Å². The van der Waals surface area contributed by atoms with E-state index in [4.69, 9.17) is 0 Å². The molecule has 0 saturated carbocycles. The molecule has 0 saturated heterocycles. The van der Waals surface area contributed by atoms with E-state index in [1.165, 1.54) is 0 Å². The van der Waals surface area contributed by atoms with E-state index in [-0.39, 0.29) is 5.91 Å². The van der Waals surface area contributed by atoms with Crippen molar-refractivity contribution in [2.75, 3.05) is 11.9 Å². The molecule has 0 radical (unpaired) electrons. The molecule has 3 rings (SSSR count). The summed E-state index contributed by atoms with van der Waals surface area (Å²) in [6.07, 6.45) is 0. The second kappa shape index (κ2) is 8.65. The van der Waals surface area contributed by atoms with Crippen LogP contribution in [0.4, 0.5) is 11.6 Å². The Bertz CT molecular complexity index is 949. The average Bonchev–Trinajstić information content (AvgIpc) is 2.65. The van der Waals surface area contributed by atoms with Crippen LogP contribution in [0.1, 0.15) is 39.8 Å². The summed E-state index contributed by atoms with van der Waals surface area (Å²) in [5.74, 6) is 0.337. The van der Waals surface area contributed by atoms with Crippen molar-refractivity contribution in [3.05, 3.63) is 82.7 Å². The van der Waals surface area contributed by atoms with E-state index in [0.29, 0.717) is 24.7 Å². The zero-order valence-corrected chi connectivity index (χ0v) is 16.9. The van der Waals surface area contributed by atoms with Crippen LogP contribution in [0.2, 0.25) is 0 Å². The zero-order valence-electron chi connectivity index (χ0n) is 16.9. The van der Waals surface area contributed by atoms with Crippen molar-refractivity contribution in [2.24, 2.45) is 0 Å². The summed E-state index contributed by atoms with van der Waals surface area (Å²) in [5, 5.41) is 3.24. The first-order valence-corrected chi connectivity index (χ1v) is 9.49. The van der Waals surface area contributed by atoms with Crippen LogP contribution in [0.25, 0.3) is 0 Å². The summed E-state index contributed by atoms with van der Waals surface area (Å²) in [6, 6.07) is 17.9. The molecule has 5 nitrogen and oxygen atoms in total. The van der Waals surface area contributed by atoms with Crippen LogP contribution in [-0.2, 0) is 6.54 Å². The van der Waals surface area contributed by atoms with Gasteiger partial charge in [0.05, 0.1) is 0 Å². The molecular formula is C23H26N4O. The van der Waals surface area contributed by atoms with Gasteiger partial charge in [-0.2, -0.15) is 0 Å². The molecule has 0 aliphatic heterocycles. The highest BCUT2D eigenvalue weighted by Gasteiger charge is 2.18. The van der Waals surface area contributed by atoms with Crippen molar-refractivity contribution in [1.82, 2.24) is 14.9 Å². The first kappa shape index (κ1) is 19.5. The lowest BCUT2D eigenvalue weighted by Crippen LogP contribution is -2.31. The summed E-state index contributed by atoms with van der Waals surface area (Å²) < 4.78 is 0. The highest BCUT2D eigenvalue weighted by Crippen LogP contribution is 2.18. The molecule has 0 aliphatic rings. The number of carbonyl (C=O) groups is 1. The Balaban J connectivity index is 1.84. The Kier molecular flexibility index (Phi) is 6.04. The summed E-state index contributed by atoms with van der Waals surface area (Å²) in [7, 11) is 0. The molecule has 3 aromatic rings. The van der Waals surface area contributed by atoms with E-state index in [1.807, 2.05) is 70.2 Å². The Labute approximate surface area is 166 Å². The molecule has 0 aliphatic carbocycles. The number of nitrogens with one attached hydrogen (secondary N) is 1. The van der Waals surface area contributed by atoms with Gasteiger partial charge < -0.3 is 10.2 Å². The molecule has 0 unspecified atom stereocenters. The van der Waals surface area contributed by atoms with E-state index >= 15 is 0 Å². The maximum Gasteiger partial charge on any atom is 0.272 e. The minimum Gasteiger partial charge on any atom is -0.333 e. The van der Waals surface area contributed by atoms with Crippen LogP contribution in [0.5, 0.6) is 0 Å². The number of nitrogens with zero attached hydrogens (tertiary/aromatic N) is 3. The minimum atomic E-state index is -0.0969. The maximum absolute atomic E-state index is 13.1. The normalized spacial score (nSPS) is 10.6. The SMILES string of the molecule is CCN(Cc1ccccc1)C(=O)c1cc(C)nc(Nc2cc(C)cc(C)c2)n1. The van der Waals surface area contributed by atoms with Gasteiger partial charge in [0.2, 0.25) is 5.95 Å². The van der Waals surface area contributed by atoms with Crippen molar-refractivity contribution in [3.8, 4) is 0 Å². The van der Waals surface area contributed by atoms with Crippen molar-refractivity contribution in [2.45, 2.75) is 34.2 Å². The van der Waals surface area contributed by atoms with E-state index in [1.54, 1.807) is 11.0 Å². The minimum absolute atomic E-state index is 0.0969. The van der Waals surface area contributed by atoms with Crippen molar-refractivity contribution >= 4 is 17.5 Å². The van der Waals surface area contributed by atoms with Crippen LogP contribution in [0, 0.1) is 20.8 Å². The molecule has 1 amide bonds. The number of anilines is 2. The highest BCUT2D eigenvalue weighted by atomic mass is 16.2. The maximum atomic E-state index is 13.1. The van der Waals surface area contributed by atoms with Gasteiger partial charge in [-0.1, -0.05) is 36.4 Å². The Morgan fingerprint density at radius 1 is 0.964 bits per heavy atom. The van der Waals surface area contributed by atoms with Crippen molar-refractivity contribution in [3.63, 3.8) is 0 Å². The van der Waals surface area contributed by atoms with Crippen LogP contribution in [0.15, 0.2) is 54.6 Å². The lowest BCUT2D eigenvalue weighted by Gasteiger charge is -2.21. The highest BCUT2D eigenvalue weighted by molar-refractivity contribution is 5.92. The first-order valence-electron chi connectivity index (χ1n) is 9.49. The summed E-state index contributed by atoms with van der Waals surface area (Å²) in [6.45, 7) is 9.11. The summed E-state index contributed by atoms with van der Waals surface area (Å²) in [4.78, 5) is 23.8. The number of rotatable bonds is 6. The predicted molar refractivity (Wildman–Crippen MR) is 113 cm³/mol. The monoisotopic (exact) mass is 374 g/mol. The molecule has 0 atom stereocenters. The van der Waals surface area contributed by atoms with Crippen LogP contribution in [-0.4, -0.2) is 27.3 Å². The number of hydrogen-bond donors (Lipinski definition) is 1. The number of aryl methyl sites for hydroxylation is 3.